The largest absolute Gasteiger partial charge is 0.494 e. The molecule has 0 unspecified atom stereocenters. The number of benzene rings is 2. The van der Waals surface area contributed by atoms with E-state index in [1.807, 2.05) is 48.5 Å². The molecule has 1 N–H and O–H groups in total. The minimum Gasteiger partial charge on any atom is -0.494 e. The highest BCUT2D eigenvalue weighted by atomic mass is 16.5. The first-order valence-electron chi connectivity index (χ1n) is 8.98. The molecule has 0 saturated carbocycles. The maximum Gasteiger partial charge on any atom is 0.251 e. The van der Waals surface area contributed by atoms with Crippen LogP contribution in [0.25, 0.3) is 10.9 Å². The summed E-state index contributed by atoms with van der Waals surface area (Å²) in [5.74, 6) is 0.652. The molecule has 0 radical (unpaired) electrons. The molecule has 1 aromatic heterocycles. The van der Waals surface area contributed by atoms with E-state index in [-0.39, 0.29) is 5.91 Å². The van der Waals surface area contributed by atoms with Crippen molar-refractivity contribution in [3.05, 3.63) is 71.9 Å². The van der Waals surface area contributed by atoms with E-state index in [0.29, 0.717) is 25.1 Å². The Hall–Kier alpha value is -3.39. The molecule has 3 rings (SSSR count). The van der Waals surface area contributed by atoms with Crippen molar-refractivity contribution in [2.75, 3.05) is 6.61 Å². The van der Waals surface area contributed by atoms with Gasteiger partial charge in [-0.05, 0) is 54.8 Å². The lowest BCUT2D eigenvalue weighted by Gasteiger charge is -2.09. The van der Waals surface area contributed by atoms with Gasteiger partial charge in [0, 0.05) is 30.1 Å². The highest BCUT2D eigenvalue weighted by Gasteiger charge is 2.07. The molecule has 2 aromatic carbocycles. The van der Waals surface area contributed by atoms with Crippen molar-refractivity contribution < 1.29 is 9.53 Å². The van der Waals surface area contributed by atoms with Gasteiger partial charge in [-0.2, -0.15) is 5.26 Å². The third-order valence-corrected chi connectivity index (χ3v) is 4.17. The number of carbonyl (C=O) groups excluding carboxylic acids is 1. The first kappa shape index (κ1) is 18.4. The fraction of sp³-hybridized carbons (Fsp3) is 0.227. The second-order valence-corrected chi connectivity index (χ2v) is 6.20. The number of fused-ring (bicyclic) bond motifs is 1. The zero-order valence-electron chi connectivity index (χ0n) is 15.0. The zero-order chi connectivity index (χ0) is 18.9. The molecule has 136 valence electrons. The number of nitrogens with zero attached hydrogens (tertiary/aromatic N) is 2. The van der Waals surface area contributed by atoms with E-state index in [0.717, 1.165) is 35.1 Å². The summed E-state index contributed by atoms with van der Waals surface area (Å²) >= 11 is 0. The average Bonchev–Trinajstić information content (AvgIpc) is 2.72. The number of unbranched alkanes of at least 4 members (excludes halogenated alkanes) is 2. The minimum atomic E-state index is -0.122. The van der Waals surface area contributed by atoms with Crippen LogP contribution in [0.1, 0.15) is 35.2 Å². The summed E-state index contributed by atoms with van der Waals surface area (Å²) in [6.07, 6.45) is 3.99. The van der Waals surface area contributed by atoms with E-state index in [1.165, 1.54) is 0 Å². The Kier molecular flexibility index (Phi) is 6.37. The summed E-state index contributed by atoms with van der Waals surface area (Å²) in [5, 5.41) is 12.4. The predicted octanol–water partition coefficient (Wildman–Crippen LogP) is 4.24. The molecular weight excluding hydrogens is 338 g/mol. The van der Waals surface area contributed by atoms with Gasteiger partial charge in [0.2, 0.25) is 0 Å². The maximum absolute atomic E-state index is 12.4. The summed E-state index contributed by atoms with van der Waals surface area (Å²) in [6, 6.07) is 19.1. The topological polar surface area (TPSA) is 75.0 Å². The van der Waals surface area contributed by atoms with Gasteiger partial charge in [0.15, 0.2) is 0 Å². The van der Waals surface area contributed by atoms with E-state index >= 15 is 0 Å². The van der Waals surface area contributed by atoms with Crippen LogP contribution < -0.4 is 10.1 Å². The molecule has 5 heteroatoms. The van der Waals surface area contributed by atoms with Gasteiger partial charge in [0.1, 0.15) is 5.75 Å². The van der Waals surface area contributed by atoms with Crippen molar-refractivity contribution in [3.63, 3.8) is 0 Å². The van der Waals surface area contributed by atoms with Gasteiger partial charge in [-0.1, -0.05) is 18.2 Å². The third kappa shape index (κ3) is 5.29. The third-order valence-electron chi connectivity index (χ3n) is 4.17. The van der Waals surface area contributed by atoms with Gasteiger partial charge >= 0.3 is 0 Å². The highest BCUT2D eigenvalue weighted by molar-refractivity contribution is 5.97. The van der Waals surface area contributed by atoms with Gasteiger partial charge in [-0.3, -0.25) is 9.78 Å². The van der Waals surface area contributed by atoms with Gasteiger partial charge in [-0.15, -0.1) is 0 Å². The lowest BCUT2D eigenvalue weighted by Crippen LogP contribution is -2.22. The van der Waals surface area contributed by atoms with Gasteiger partial charge in [-0.25, -0.2) is 0 Å². The van der Waals surface area contributed by atoms with Crippen molar-refractivity contribution in [3.8, 4) is 11.8 Å². The van der Waals surface area contributed by atoms with Gasteiger partial charge < -0.3 is 10.1 Å². The minimum absolute atomic E-state index is 0.122. The fourth-order valence-corrected chi connectivity index (χ4v) is 2.74. The summed E-state index contributed by atoms with van der Waals surface area (Å²) in [5.41, 5.74) is 2.45. The Morgan fingerprint density at radius 1 is 1.11 bits per heavy atom. The quantitative estimate of drug-likeness (QED) is 0.611. The Balaban J connectivity index is 1.55. The zero-order valence-corrected chi connectivity index (χ0v) is 15.0. The second kappa shape index (κ2) is 9.35. The molecule has 1 amide bonds. The summed E-state index contributed by atoms with van der Waals surface area (Å²) in [7, 11) is 0. The normalized spacial score (nSPS) is 10.3. The monoisotopic (exact) mass is 359 g/mol. The molecule has 0 atom stereocenters. The molecule has 0 spiro atoms. The van der Waals surface area contributed by atoms with Crippen LogP contribution in [0.4, 0.5) is 0 Å². The number of ether oxygens (including phenoxy) is 1. The standard InChI is InChI=1S/C22H21N3O2/c23-11-2-1-3-13-27-20-8-4-6-17(14-20)16-25-22(26)19-9-10-21-18(15-19)7-5-12-24-21/h4-10,12,14-15H,1-3,13,16H2,(H,25,26). The van der Waals surface area contributed by atoms with Crippen LogP contribution in [-0.2, 0) is 6.54 Å². The smallest absolute Gasteiger partial charge is 0.251 e. The van der Waals surface area contributed by atoms with Crippen LogP contribution in [0.2, 0.25) is 0 Å². The predicted molar refractivity (Wildman–Crippen MR) is 104 cm³/mol. The second-order valence-electron chi connectivity index (χ2n) is 6.20. The van der Waals surface area contributed by atoms with Crippen LogP contribution >= 0.6 is 0 Å². The van der Waals surface area contributed by atoms with E-state index in [1.54, 1.807) is 12.3 Å². The fourth-order valence-electron chi connectivity index (χ4n) is 2.74. The molecule has 0 saturated heterocycles. The van der Waals surface area contributed by atoms with Gasteiger partial charge in [0.25, 0.3) is 5.91 Å². The first-order chi connectivity index (χ1) is 13.3. The molecule has 0 bridgehead atoms. The van der Waals surface area contributed by atoms with E-state index in [2.05, 4.69) is 16.4 Å². The Morgan fingerprint density at radius 2 is 2.04 bits per heavy atom. The number of pyridine rings is 1. The summed E-state index contributed by atoms with van der Waals surface area (Å²) < 4.78 is 5.70. The number of hydrogen-bond donors (Lipinski definition) is 1. The number of aromatic nitrogens is 1. The van der Waals surface area contributed by atoms with Crippen molar-refractivity contribution in [1.82, 2.24) is 10.3 Å². The molecule has 0 aliphatic rings. The Labute approximate surface area is 158 Å². The molecule has 27 heavy (non-hydrogen) atoms. The number of nitriles is 1. The molecule has 5 nitrogen and oxygen atoms in total. The molecule has 1 heterocycles. The number of rotatable bonds is 8. The number of carbonyl (C=O) groups is 1. The van der Waals surface area contributed by atoms with Gasteiger partial charge in [0.05, 0.1) is 18.2 Å². The summed E-state index contributed by atoms with van der Waals surface area (Å²) in [6.45, 7) is 1.01. The van der Waals surface area contributed by atoms with Crippen molar-refractivity contribution in [1.29, 1.82) is 5.26 Å². The van der Waals surface area contributed by atoms with Crippen LogP contribution in [-0.4, -0.2) is 17.5 Å². The molecule has 0 aliphatic heterocycles. The Bertz CT molecular complexity index is 963. The van der Waals surface area contributed by atoms with E-state index in [4.69, 9.17) is 10.00 Å². The number of hydrogen-bond acceptors (Lipinski definition) is 4. The van der Waals surface area contributed by atoms with E-state index in [9.17, 15) is 4.79 Å². The Morgan fingerprint density at radius 3 is 2.93 bits per heavy atom. The average molecular weight is 359 g/mol. The van der Waals surface area contributed by atoms with Crippen LogP contribution in [0.3, 0.4) is 0 Å². The first-order valence-corrected chi connectivity index (χ1v) is 8.98. The highest BCUT2D eigenvalue weighted by Crippen LogP contribution is 2.15. The molecular formula is C22H21N3O2. The van der Waals surface area contributed by atoms with Crippen LogP contribution in [0, 0.1) is 11.3 Å². The lowest BCUT2D eigenvalue weighted by molar-refractivity contribution is 0.0951. The maximum atomic E-state index is 12.4. The molecule has 3 aromatic rings. The van der Waals surface area contributed by atoms with Crippen molar-refractivity contribution in [2.24, 2.45) is 0 Å². The number of amides is 1. The summed E-state index contributed by atoms with van der Waals surface area (Å²) in [4.78, 5) is 16.7. The van der Waals surface area contributed by atoms with Crippen molar-refractivity contribution in [2.45, 2.75) is 25.8 Å². The van der Waals surface area contributed by atoms with E-state index < -0.39 is 0 Å². The van der Waals surface area contributed by atoms with Crippen LogP contribution in [0.15, 0.2) is 60.8 Å². The SMILES string of the molecule is N#CCCCCOc1cccc(CNC(=O)c2ccc3ncccc3c2)c1. The lowest BCUT2D eigenvalue weighted by atomic mass is 10.1. The van der Waals surface area contributed by atoms with Crippen molar-refractivity contribution >= 4 is 16.8 Å². The molecule has 0 fully saturated rings. The molecule has 0 aliphatic carbocycles. The number of nitrogens with one attached hydrogen (secondary N) is 1. The van der Waals surface area contributed by atoms with Crippen LogP contribution in [0.5, 0.6) is 5.75 Å².